The predicted molar refractivity (Wildman–Crippen MR) is 39.1 cm³/mol. The van der Waals surface area contributed by atoms with E-state index in [1.165, 1.54) is 0 Å². The van der Waals surface area contributed by atoms with E-state index >= 15 is 0 Å². The number of alkyl halides is 3. The second-order valence-electron chi connectivity index (χ2n) is 2.47. The SMILES string of the molecule is CC(CN)NC(=O)OCC(F)(F)F. The maximum atomic E-state index is 11.5. The molecule has 1 amide bonds. The molecule has 0 saturated carbocycles. The van der Waals surface area contributed by atoms with Gasteiger partial charge in [-0.15, -0.1) is 0 Å². The van der Waals surface area contributed by atoms with E-state index < -0.39 is 24.9 Å². The van der Waals surface area contributed by atoms with Crippen LogP contribution in [0.15, 0.2) is 0 Å². The van der Waals surface area contributed by atoms with Crippen molar-refractivity contribution >= 4 is 6.09 Å². The van der Waals surface area contributed by atoms with Crippen LogP contribution in [0.5, 0.6) is 0 Å². The van der Waals surface area contributed by atoms with Gasteiger partial charge >= 0.3 is 12.3 Å². The third-order valence-electron chi connectivity index (χ3n) is 1.08. The Labute approximate surface area is 73.2 Å². The summed E-state index contributed by atoms with van der Waals surface area (Å²) in [5, 5.41) is 2.12. The van der Waals surface area contributed by atoms with Gasteiger partial charge in [-0.2, -0.15) is 13.2 Å². The monoisotopic (exact) mass is 200 g/mol. The lowest BCUT2D eigenvalue weighted by molar-refractivity contribution is -0.160. The Morgan fingerprint density at radius 1 is 1.62 bits per heavy atom. The summed E-state index contributed by atoms with van der Waals surface area (Å²) in [6, 6.07) is -0.402. The largest absolute Gasteiger partial charge is 0.440 e. The number of carbonyl (C=O) groups is 1. The lowest BCUT2D eigenvalue weighted by Crippen LogP contribution is -2.39. The molecule has 0 spiro atoms. The molecular formula is C6H11F3N2O2. The molecule has 0 bridgehead atoms. The fourth-order valence-electron chi connectivity index (χ4n) is 0.449. The van der Waals surface area contributed by atoms with Crippen LogP contribution < -0.4 is 11.1 Å². The Morgan fingerprint density at radius 3 is 2.54 bits per heavy atom. The summed E-state index contributed by atoms with van der Waals surface area (Å²) in [5.74, 6) is 0. The molecule has 0 heterocycles. The maximum Gasteiger partial charge on any atom is 0.422 e. The van der Waals surface area contributed by atoms with Gasteiger partial charge in [0.05, 0.1) is 0 Å². The van der Waals surface area contributed by atoms with E-state index in [4.69, 9.17) is 5.73 Å². The van der Waals surface area contributed by atoms with Crippen molar-refractivity contribution in [3.05, 3.63) is 0 Å². The number of ether oxygens (including phenoxy) is 1. The Hall–Kier alpha value is -0.980. The molecule has 78 valence electrons. The van der Waals surface area contributed by atoms with E-state index in [1.54, 1.807) is 6.92 Å². The van der Waals surface area contributed by atoms with Crippen molar-refractivity contribution in [3.63, 3.8) is 0 Å². The van der Waals surface area contributed by atoms with Crippen molar-refractivity contribution in [1.29, 1.82) is 0 Å². The van der Waals surface area contributed by atoms with Crippen LogP contribution in [0, 0.1) is 0 Å². The molecule has 0 aliphatic carbocycles. The summed E-state index contributed by atoms with van der Waals surface area (Å²) in [6.45, 7) is 0.103. The zero-order valence-corrected chi connectivity index (χ0v) is 7.02. The van der Waals surface area contributed by atoms with Crippen LogP contribution in [0.4, 0.5) is 18.0 Å². The Kier molecular flexibility index (Phi) is 4.53. The third-order valence-corrected chi connectivity index (χ3v) is 1.08. The summed E-state index contributed by atoms with van der Waals surface area (Å²) < 4.78 is 38.4. The highest BCUT2D eigenvalue weighted by atomic mass is 19.4. The van der Waals surface area contributed by atoms with Gasteiger partial charge in [0, 0.05) is 12.6 Å². The fraction of sp³-hybridized carbons (Fsp3) is 0.833. The lowest BCUT2D eigenvalue weighted by Gasteiger charge is -2.12. The number of nitrogens with one attached hydrogen (secondary N) is 1. The van der Waals surface area contributed by atoms with Crippen molar-refractivity contribution in [2.45, 2.75) is 19.1 Å². The number of halogens is 3. The molecule has 0 aromatic carbocycles. The van der Waals surface area contributed by atoms with Crippen molar-refractivity contribution in [1.82, 2.24) is 5.32 Å². The molecule has 0 aromatic rings. The van der Waals surface area contributed by atoms with E-state index in [1.807, 2.05) is 0 Å². The zero-order valence-electron chi connectivity index (χ0n) is 7.02. The average molecular weight is 200 g/mol. The van der Waals surface area contributed by atoms with Gasteiger partial charge in [-0.25, -0.2) is 4.79 Å². The summed E-state index contributed by atoms with van der Waals surface area (Å²) >= 11 is 0. The highest BCUT2D eigenvalue weighted by molar-refractivity contribution is 5.67. The molecule has 4 nitrogen and oxygen atoms in total. The summed E-state index contributed by atoms with van der Waals surface area (Å²) in [5.41, 5.74) is 5.11. The van der Waals surface area contributed by atoms with Gasteiger partial charge in [-0.3, -0.25) is 0 Å². The summed E-state index contributed by atoms with van der Waals surface area (Å²) in [4.78, 5) is 10.6. The van der Waals surface area contributed by atoms with Crippen molar-refractivity contribution in [2.24, 2.45) is 5.73 Å². The fourth-order valence-corrected chi connectivity index (χ4v) is 0.449. The molecular weight excluding hydrogens is 189 g/mol. The molecule has 0 fully saturated rings. The number of nitrogens with two attached hydrogens (primary N) is 1. The van der Waals surface area contributed by atoms with Crippen LogP contribution >= 0.6 is 0 Å². The Balaban J connectivity index is 3.64. The minimum atomic E-state index is -4.50. The molecule has 1 unspecified atom stereocenters. The minimum Gasteiger partial charge on any atom is -0.440 e. The van der Waals surface area contributed by atoms with Crippen molar-refractivity contribution in [2.75, 3.05) is 13.2 Å². The second-order valence-corrected chi connectivity index (χ2v) is 2.47. The van der Waals surface area contributed by atoms with Gasteiger partial charge in [-0.05, 0) is 6.92 Å². The van der Waals surface area contributed by atoms with Crippen LogP contribution in [0.1, 0.15) is 6.92 Å². The summed E-state index contributed by atoms with van der Waals surface area (Å²) in [6.07, 6.45) is -5.61. The van der Waals surface area contributed by atoms with Gasteiger partial charge in [0.25, 0.3) is 0 Å². The number of hydrogen-bond donors (Lipinski definition) is 2. The van der Waals surface area contributed by atoms with Crippen LogP contribution in [-0.2, 0) is 4.74 Å². The quantitative estimate of drug-likeness (QED) is 0.702. The zero-order chi connectivity index (χ0) is 10.5. The molecule has 3 N–H and O–H groups in total. The number of amides is 1. The highest BCUT2D eigenvalue weighted by Gasteiger charge is 2.29. The van der Waals surface area contributed by atoms with Crippen LogP contribution in [0.3, 0.4) is 0 Å². The first-order chi connectivity index (χ1) is 5.85. The normalized spacial score (nSPS) is 13.6. The van der Waals surface area contributed by atoms with Gasteiger partial charge in [0.15, 0.2) is 6.61 Å². The Bertz CT molecular complexity index is 172. The second kappa shape index (κ2) is 4.90. The predicted octanol–water partition coefficient (Wildman–Crippen LogP) is 0.622. The van der Waals surface area contributed by atoms with Gasteiger partial charge in [0.2, 0.25) is 0 Å². The summed E-state index contributed by atoms with van der Waals surface area (Å²) in [7, 11) is 0. The first-order valence-electron chi connectivity index (χ1n) is 3.55. The van der Waals surface area contributed by atoms with Crippen molar-refractivity contribution < 1.29 is 22.7 Å². The standard InChI is InChI=1S/C6H11F3N2O2/c1-4(2-10)11-5(12)13-3-6(7,8)9/h4H,2-3,10H2,1H3,(H,11,12). The molecule has 0 aliphatic heterocycles. The number of carbonyl (C=O) groups excluding carboxylic acids is 1. The first-order valence-corrected chi connectivity index (χ1v) is 3.55. The van der Waals surface area contributed by atoms with Crippen LogP contribution in [-0.4, -0.2) is 31.5 Å². The van der Waals surface area contributed by atoms with Crippen molar-refractivity contribution in [3.8, 4) is 0 Å². The van der Waals surface area contributed by atoms with E-state index in [9.17, 15) is 18.0 Å². The molecule has 1 atom stereocenters. The van der Waals surface area contributed by atoms with Crippen LogP contribution in [0.2, 0.25) is 0 Å². The number of hydrogen-bond acceptors (Lipinski definition) is 3. The van der Waals surface area contributed by atoms with E-state index in [-0.39, 0.29) is 6.54 Å². The third kappa shape index (κ3) is 7.38. The minimum absolute atomic E-state index is 0.140. The molecule has 13 heavy (non-hydrogen) atoms. The number of alkyl carbamates (subject to hydrolysis) is 1. The molecule has 7 heteroatoms. The first kappa shape index (κ1) is 12.0. The topological polar surface area (TPSA) is 64.3 Å². The Morgan fingerprint density at radius 2 is 2.15 bits per heavy atom. The van der Waals surface area contributed by atoms with Gasteiger partial charge in [-0.1, -0.05) is 0 Å². The van der Waals surface area contributed by atoms with Gasteiger partial charge in [0.1, 0.15) is 0 Å². The van der Waals surface area contributed by atoms with E-state index in [2.05, 4.69) is 10.1 Å². The lowest BCUT2D eigenvalue weighted by atomic mass is 10.3. The molecule has 0 radical (unpaired) electrons. The van der Waals surface area contributed by atoms with E-state index in [0.717, 1.165) is 0 Å². The molecule has 0 saturated heterocycles. The molecule has 0 aromatic heterocycles. The van der Waals surface area contributed by atoms with Crippen LogP contribution in [0.25, 0.3) is 0 Å². The maximum absolute atomic E-state index is 11.5. The number of rotatable bonds is 3. The van der Waals surface area contributed by atoms with Gasteiger partial charge < -0.3 is 15.8 Å². The van der Waals surface area contributed by atoms with E-state index in [0.29, 0.717) is 0 Å². The molecule has 0 aliphatic rings. The smallest absolute Gasteiger partial charge is 0.422 e. The molecule has 0 rings (SSSR count). The average Bonchev–Trinajstić information content (AvgIpc) is 1.99. The highest BCUT2D eigenvalue weighted by Crippen LogP contribution is 2.14.